The van der Waals surface area contributed by atoms with Gasteiger partial charge in [-0.3, -0.25) is 18.6 Å². The summed E-state index contributed by atoms with van der Waals surface area (Å²) in [5.41, 5.74) is 5.33. The van der Waals surface area contributed by atoms with Crippen molar-refractivity contribution in [1.29, 1.82) is 0 Å². The van der Waals surface area contributed by atoms with Gasteiger partial charge in [-0.25, -0.2) is 4.57 Å². The van der Waals surface area contributed by atoms with E-state index in [0.29, 0.717) is 19.3 Å². The van der Waals surface area contributed by atoms with E-state index in [1.54, 1.807) is 0 Å². The minimum absolute atomic E-state index is 0.0337. The first-order valence-corrected chi connectivity index (χ1v) is 22.4. The topological polar surface area (TPSA) is 155 Å². The summed E-state index contributed by atoms with van der Waals surface area (Å²) in [6, 6.07) is 0. The van der Waals surface area contributed by atoms with E-state index in [2.05, 4.69) is 38.2 Å². The first-order valence-electron chi connectivity index (χ1n) is 20.9. The van der Waals surface area contributed by atoms with Crippen LogP contribution in [0.4, 0.5) is 0 Å². The predicted octanol–water partition coefficient (Wildman–Crippen LogP) is 10.7. The van der Waals surface area contributed by atoms with Crippen molar-refractivity contribution in [2.75, 3.05) is 26.4 Å². The standard InChI is InChI=1S/C43H76NO9P/c1-3-5-7-8-9-10-11-12-13-14-17-20-23-26-30-34-42(46)50-38-41(39-52-54(48,49)51-37-36-44)53-43(47)35-31-27-24-21-18-15-16-19-22-25-29-33-40(45)32-28-6-4-2/h12-13,15-16,21-22,24-25,29,33,40-41,45H,3-11,14,17-20,23,26-28,30-32,34-39,44H2,1-2H3,(H,48,49)/b13-12-,16-15-,24-21-,25-22-,33-29+/t40-,41+/m0/s1. The third kappa shape index (κ3) is 38.0. The number of nitrogens with two attached hydrogens (primary N) is 1. The lowest BCUT2D eigenvalue weighted by molar-refractivity contribution is -0.161. The molecular weight excluding hydrogens is 705 g/mol. The maximum Gasteiger partial charge on any atom is 0.472 e. The molecule has 0 amide bonds. The molecular formula is C43H76NO9P. The molecule has 0 radical (unpaired) electrons. The molecule has 11 heteroatoms. The Kier molecular flexibility index (Phi) is 37.2. The Morgan fingerprint density at radius 3 is 1.89 bits per heavy atom. The van der Waals surface area contributed by atoms with Crippen molar-refractivity contribution >= 4 is 19.8 Å². The number of hydrogen-bond acceptors (Lipinski definition) is 9. The van der Waals surface area contributed by atoms with Crippen LogP contribution in [0.25, 0.3) is 0 Å². The smallest absolute Gasteiger partial charge is 0.462 e. The first kappa shape index (κ1) is 51.7. The number of phosphoric ester groups is 1. The summed E-state index contributed by atoms with van der Waals surface area (Å²) in [6.45, 7) is 3.50. The molecule has 0 saturated carbocycles. The van der Waals surface area contributed by atoms with Crippen LogP contribution in [0.15, 0.2) is 60.8 Å². The fourth-order valence-electron chi connectivity index (χ4n) is 5.32. The zero-order chi connectivity index (χ0) is 39.8. The first-order chi connectivity index (χ1) is 26.2. The number of carbonyl (C=O) groups excluding carboxylic acids is 2. The molecule has 0 aromatic carbocycles. The van der Waals surface area contributed by atoms with Crippen molar-refractivity contribution in [3.8, 4) is 0 Å². The van der Waals surface area contributed by atoms with Crippen molar-refractivity contribution in [3.63, 3.8) is 0 Å². The summed E-state index contributed by atoms with van der Waals surface area (Å²) in [6.07, 6.45) is 41.5. The summed E-state index contributed by atoms with van der Waals surface area (Å²) in [5.74, 6) is -0.935. The second-order valence-electron chi connectivity index (χ2n) is 13.7. The van der Waals surface area contributed by atoms with Crippen molar-refractivity contribution in [2.24, 2.45) is 5.73 Å². The molecule has 0 heterocycles. The number of phosphoric acid groups is 1. The average Bonchev–Trinajstić information content (AvgIpc) is 3.15. The number of aliphatic hydroxyl groups is 1. The highest BCUT2D eigenvalue weighted by Gasteiger charge is 2.25. The van der Waals surface area contributed by atoms with E-state index in [-0.39, 0.29) is 38.7 Å². The van der Waals surface area contributed by atoms with Crippen LogP contribution in [0.3, 0.4) is 0 Å². The van der Waals surface area contributed by atoms with E-state index in [1.807, 2.05) is 36.5 Å². The van der Waals surface area contributed by atoms with Crippen molar-refractivity contribution in [2.45, 2.75) is 174 Å². The van der Waals surface area contributed by atoms with Crippen LogP contribution in [0.1, 0.15) is 162 Å². The van der Waals surface area contributed by atoms with Gasteiger partial charge < -0.3 is 25.2 Å². The molecule has 10 nitrogen and oxygen atoms in total. The quantitative estimate of drug-likeness (QED) is 0.0181. The number of ether oxygens (including phenoxy) is 2. The Hall–Kier alpha value is -2.33. The van der Waals surface area contributed by atoms with E-state index in [1.165, 1.54) is 44.9 Å². The van der Waals surface area contributed by atoms with E-state index < -0.39 is 32.5 Å². The summed E-state index contributed by atoms with van der Waals surface area (Å²) in [4.78, 5) is 34.8. The highest BCUT2D eigenvalue weighted by atomic mass is 31.2. The van der Waals surface area contributed by atoms with Crippen LogP contribution < -0.4 is 5.73 Å². The number of allylic oxidation sites excluding steroid dienone is 9. The Balaban J connectivity index is 4.35. The molecule has 4 N–H and O–H groups in total. The van der Waals surface area contributed by atoms with Crippen molar-refractivity contribution < 1.29 is 42.7 Å². The van der Waals surface area contributed by atoms with Crippen LogP contribution in [-0.2, 0) is 32.7 Å². The second kappa shape index (κ2) is 38.9. The maximum absolute atomic E-state index is 12.5. The molecule has 0 saturated heterocycles. The molecule has 54 heavy (non-hydrogen) atoms. The molecule has 0 fully saturated rings. The normalized spacial score (nSPS) is 14.5. The van der Waals surface area contributed by atoms with Crippen LogP contribution in [-0.4, -0.2) is 60.5 Å². The maximum atomic E-state index is 12.5. The Bertz CT molecular complexity index is 1090. The Morgan fingerprint density at radius 1 is 0.648 bits per heavy atom. The number of unbranched alkanes of at least 4 members (excludes halogenated alkanes) is 14. The van der Waals surface area contributed by atoms with Gasteiger partial charge in [0.1, 0.15) is 6.61 Å². The number of carbonyl (C=O) groups is 2. The van der Waals surface area contributed by atoms with E-state index in [4.69, 9.17) is 24.3 Å². The van der Waals surface area contributed by atoms with Gasteiger partial charge in [-0.15, -0.1) is 0 Å². The van der Waals surface area contributed by atoms with Crippen molar-refractivity contribution in [1.82, 2.24) is 0 Å². The monoisotopic (exact) mass is 782 g/mol. The fourth-order valence-corrected chi connectivity index (χ4v) is 6.08. The zero-order valence-corrected chi connectivity index (χ0v) is 34.7. The van der Waals surface area contributed by atoms with Gasteiger partial charge in [-0.1, -0.05) is 145 Å². The van der Waals surface area contributed by atoms with Gasteiger partial charge >= 0.3 is 19.8 Å². The summed E-state index contributed by atoms with van der Waals surface area (Å²) < 4.78 is 32.6. The van der Waals surface area contributed by atoms with Crippen LogP contribution in [0.2, 0.25) is 0 Å². The number of esters is 2. The van der Waals surface area contributed by atoms with Gasteiger partial charge in [0.15, 0.2) is 6.10 Å². The predicted molar refractivity (Wildman–Crippen MR) is 221 cm³/mol. The molecule has 0 bridgehead atoms. The van der Waals surface area contributed by atoms with Gasteiger partial charge in [0.2, 0.25) is 0 Å². The number of hydrogen-bond donors (Lipinski definition) is 3. The molecule has 1 unspecified atom stereocenters. The molecule has 0 aromatic heterocycles. The Morgan fingerprint density at radius 2 is 1.20 bits per heavy atom. The van der Waals surface area contributed by atoms with Gasteiger partial charge in [0.25, 0.3) is 0 Å². The summed E-state index contributed by atoms with van der Waals surface area (Å²) >= 11 is 0. The highest BCUT2D eigenvalue weighted by Crippen LogP contribution is 2.43. The van der Waals surface area contributed by atoms with Gasteiger partial charge in [-0.2, -0.15) is 0 Å². The Labute approximate surface area is 328 Å². The minimum atomic E-state index is -4.40. The zero-order valence-electron chi connectivity index (χ0n) is 33.8. The lowest BCUT2D eigenvalue weighted by Gasteiger charge is -2.19. The van der Waals surface area contributed by atoms with Crippen molar-refractivity contribution in [3.05, 3.63) is 60.8 Å². The lowest BCUT2D eigenvalue weighted by Crippen LogP contribution is -2.29. The van der Waals surface area contributed by atoms with E-state index in [9.17, 15) is 24.2 Å². The van der Waals surface area contributed by atoms with E-state index >= 15 is 0 Å². The largest absolute Gasteiger partial charge is 0.472 e. The highest BCUT2D eigenvalue weighted by molar-refractivity contribution is 7.47. The van der Waals surface area contributed by atoms with E-state index in [0.717, 1.165) is 70.6 Å². The average molecular weight is 782 g/mol. The van der Waals surface area contributed by atoms with Gasteiger partial charge in [-0.05, 0) is 64.2 Å². The molecule has 0 spiro atoms. The van der Waals surface area contributed by atoms with Gasteiger partial charge in [0.05, 0.1) is 19.3 Å². The number of aliphatic hydroxyl groups excluding tert-OH is 1. The third-order valence-corrected chi connectivity index (χ3v) is 9.46. The SMILES string of the molecule is CCCCCCCC/C=C\CCCCCCCC(=O)OC[C@H](COP(=O)(O)OCCN)OC(=O)CCC/C=C\C/C=C\C/C=C\C=C\[C@@H](O)CCCCC. The fraction of sp³-hybridized carbons (Fsp3) is 0.721. The third-order valence-electron chi connectivity index (χ3n) is 8.48. The second-order valence-corrected chi connectivity index (χ2v) is 15.2. The minimum Gasteiger partial charge on any atom is -0.462 e. The summed E-state index contributed by atoms with van der Waals surface area (Å²) in [5, 5.41) is 9.89. The lowest BCUT2D eigenvalue weighted by atomic mass is 10.1. The van der Waals surface area contributed by atoms with Gasteiger partial charge in [0, 0.05) is 19.4 Å². The molecule has 312 valence electrons. The van der Waals surface area contributed by atoms with Crippen LogP contribution in [0.5, 0.6) is 0 Å². The number of rotatable bonds is 38. The van der Waals surface area contributed by atoms with Crippen LogP contribution in [0, 0.1) is 0 Å². The molecule has 0 rings (SSSR count). The van der Waals surface area contributed by atoms with Crippen LogP contribution >= 0.6 is 7.82 Å². The summed E-state index contributed by atoms with van der Waals surface area (Å²) in [7, 11) is -4.40. The molecule has 0 aromatic rings. The molecule has 0 aliphatic heterocycles. The molecule has 3 atom stereocenters. The molecule has 0 aliphatic carbocycles. The molecule has 0 aliphatic rings.